The molecule has 1 amide bonds. The fourth-order valence-corrected chi connectivity index (χ4v) is 1.30. The van der Waals surface area contributed by atoms with Gasteiger partial charge in [0.25, 0.3) is 5.91 Å². The molecule has 0 unspecified atom stereocenters. The number of nitrogens with one attached hydrogen (secondary N) is 1. The number of nitrogens with zero attached hydrogens (tertiary/aromatic N) is 3. The summed E-state index contributed by atoms with van der Waals surface area (Å²) in [4.78, 5) is 13.4. The molecule has 0 aromatic carbocycles. The molecule has 1 aromatic heterocycles. The Bertz CT molecular complexity index is 360. The van der Waals surface area contributed by atoms with Crippen LogP contribution in [0.1, 0.15) is 23.7 Å². The zero-order chi connectivity index (χ0) is 12.0. The quantitative estimate of drug-likeness (QED) is 0.284. The number of hydrogen-bond donors (Lipinski definition) is 3. The van der Waals surface area contributed by atoms with Gasteiger partial charge >= 0.3 is 0 Å². The van der Waals surface area contributed by atoms with Gasteiger partial charge in [-0.1, -0.05) is 12.1 Å². The van der Waals surface area contributed by atoms with Crippen molar-refractivity contribution < 1.29 is 10.0 Å². The summed E-state index contributed by atoms with van der Waals surface area (Å²) in [5, 5.41) is 17.6. The minimum absolute atomic E-state index is 0.00490. The van der Waals surface area contributed by atoms with Crippen LogP contribution < -0.4 is 5.73 Å². The molecule has 88 valence electrons. The van der Waals surface area contributed by atoms with E-state index in [9.17, 15) is 4.79 Å². The van der Waals surface area contributed by atoms with E-state index in [0.717, 1.165) is 6.42 Å². The van der Waals surface area contributed by atoms with Gasteiger partial charge in [0, 0.05) is 12.7 Å². The summed E-state index contributed by atoms with van der Waals surface area (Å²) in [6, 6.07) is 0. The third kappa shape index (κ3) is 2.97. The maximum Gasteiger partial charge on any atom is 0.257 e. The highest BCUT2D eigenvalue weighted by molar-refractivity contribution is 5.96. The normalized spacial score (nSPS) is 11.4. The number of rotatable bonds is 5. The molecular formula is C9H15N5O2. The van der Waals surface area contributed by atoms with Gasteiger partial charge in [-0.15, -0.1) is 0 Å². The summed E-state index contributed by atoms with van der Waals surface area (Å²) in [5.41, 5.74) is 5.84. The van der Waals surface area contributed by atoms with Gasteiger partial charge in [-0.25, -0.2) is 0 Å². The van der Waals surface area contributed by atoms with E-state index in [1.165, 1.54) is 17.3 Å². The van der Waals surface area contributed by atoms with Gasteiger partial charge in [-0.05, 0) is 6.42 Å². The first kappa shape index (κ1) is 12.0. The summed E-state index contributed by atoms with van der Waals surface area (Å²) in [5.74, 6) is -0.188. The molecule has 0 saturated carbocycles. The topological polar surface area (TPSA) is 108 Å². The molecule has 0 aliphatic carbocycles. The average Bonchev–Trinajstić information content (AvgIpc) is 2.80. The number of nitrogens with two attached hydrogens (primary N) is 1. The molecular weight excluding hydrogens is 210 g/mol. The van der Waals surface area contributed by atoms with E-state index in [4.69, 9.17) is 10.9 Å². The van der Waals surface area contributed by atoms with Crippen LogP contribution in [0.5, 0.6) is 0 Å². The van der Waals surface area contributed by atoms with Crippen molar-refractivity contribution in [2.45, 2.75) is 13.3 Å². The zero-order valence-corrected chi connectivity index (χ0v) is 9.05. The SMILES string of the molecule is CCCN(CC(N)=NO)C(=O)c1cn[nH]c1. The van der Waals surface area contributed by atoms with Crippen molar-refractivity contribution in [2.75, 3.05) is 13.1 Å². The minimum atomic E-state index is -0.192. The van der Waals surface area contributed by atoms with E-state index >= 15 is 0 Å². The second kappa shape index (κ2) is 5.74. The van der Waals surface area contributed by atoms with Gasteiger partial charge in [-0.3, -0.25) is 9.89 Å². The minimum Gasteiger partial charge on any atom is -0.409 e. The molecule has 1 rings (SSSR count). The van der Waals surface area contributed by atoms with Crippen LogP contribution in [0.15, 0.2) is 17.5 Å². The van der Waals surface area contributed by atoms with Crippen molar-refractivity contribution in [1.29, 1.82) is 0 Å². The highest BCUT2D eigenvalue weighted by atomic mass is 16.4. The molecule has 7 nitrogen and oxygen atoms in total. The van der Waals surface area contributed by atoms with Crippen LogP contribution >= 0.6 is 0 Å². The summed E-state index contributed by atoms with van der Waals surface area (Å²) in [6.45, 7) is 2.59. The number of carbonyl (C=O) groups excluding carboxylic acids is 1. The Hall–Kier alpha value is -2.05. The van der Waals surface area contributed by atoms with Crippen molar-refractivity contribution >= 4 is 11.7 Å². The molecule has 0 bridgehead atoms. The monoisotopic (exact) mass is 225 g/mol. The largest absolute Gasteiger partial charge is 0.409 e. The Balaban J connectivity index is 2.73. The van der Waals surface area contributed by atoms with Gasteiger partial charge in [0.15, 0.2) is 5.84 Å². The van der Waals surface area contributed by atoms with E-state index < -0.39 is 0 Å². The number of carbonyl (C=O) groups is 1. The van der Waals surface area contributed by atoms with Crippen LogP contribution in [0.2, 0.25) is 0 Å². The van der Waals surface area contributed by atoms with Gasteiger partial charge in [0.2, 0.25) is 0 Å². The number of aromatic amines is 1. The molecule has 0 aliphatic heterocycles. The zero-order valence-electron chi connectivity index (χ0n) is 9.05. The molecule has 0 saturated heterocycles. The first-order valence-corrected chi connectivity index (χ1v) is 4.93. The second-order valence-electron chi connectivity index (χ2n) is 3.31. The van der Waals surface area contributed by atoms with E-state index in [-0.39, 0.29) is 18.3 Å². The standard InChI is InChI=1S/C9H15N5O2/c1-2-3-14(6-8(10)13-16)9(15)7-4-11-12-5-7/h4-5,16H,2-3,6H2,1H3,(H2,10,13)(H,11,12). The molecule has 0 aliphatic rings. The van der Waals surface area contributed by atoms with Crippen molar-refractivity contribution in [3.63, 3.8) is 0 Å². The van der Waals surface area contributed by atoms with Crippen molar-refractivity contribution in [3.05, 3.63) is 18.0 Å². The highest BCUT2D eigenvalue weighted by Gasteiger charge is 2.16. The maximum atomic E-state index is 11.9. The van der Waals surface area contributed by atoms with E-state index in [1.807, 2.05) is 6.92 Å². The summed E-state index contributed by atoms with van der Waals surface area (Å²) >= 11 is 0. The number of H-pyrrole nitrogens is 1. The number of amides is 1. The van der Waals surface area contributed by atoms with Gasteiger partial charge in [0.1, 0.15) is 0 Å². The molecule has 0 radical (unpaired) electrons. The lowest BCUT2D eigenvalue weighted by molar-refractivity contribution is 0.0778. The first-order valence-electron chi connectivity index (χ1n) is 4.93. The third-order valence-corrected chi connectivity index (χ3v) is 2.01. The number of oxime groups is 1. The number of hydrogen-bond acceptors (Lipinski definition) is 4. The smallest absolute Gasteiger partial charge is 0.257 e. The third-order valence-electron chi connectivity index (χ3n) is 2.01. The van der Waals surface area contributed by atoms with Crippen LogP contribution in [0, 0.1) is 0 Å². The van der Waals surface area contributed by atoms with E-state index in [0.29, 0.717) is 12.1 Å². The molecule has 4 N–H and O–H groups in total. The first-order chi connectivity index (χ1) is 7.69. The molecule has 16 heavy (non-hydrogen) atoms. The molecule has 0 spiro atoms. The summed E-state index contributed by atoms with van der Waals surface area (Å²) in [6.07, 6.45) is 3.75. The Labute approximate surface area is 92.9 Å². The van der Waals surface area contributed by atoms with Gasteiger partial charge < -0.3 is 15.8 Å². The van der Waals surface area contributed by atoms with E-state index in [2.05, 4.69) is 15.4 Å². The van der Waals surface area contributed by atoms with Crippen molar-refractivity contribution in [1.82, 2.24) is 15.1 Å². The lowest BCUT2D eigenvalue weighted by Gasteiger charge is -2.20. The molecule has 0 atom stereocenters. The van der Waals surface area contributed by atoms with Gasteiger partial charge in [-0.2, -0.15) is 5.10 Å². The Morgan fingerprint density at radius 3 is 3.00 bits per heavy atom. The lowest BCUT2D eigenvalue weighted by Crippen LogP contribution is -2.39. The van der Waals surface area contributed by atoms with Crippen molar-refractivity contribution in [3.8, 4) is 0 Å². The molecule has 0 fully saturated rings. The van der Waals surface area contributed by atoms with Crippen LogP contribution in [0.25, 0.3) is 0 Å². The van der Waals surface area contributed by atoms with Crippen LogP contribution in [0.3, 0.4) is 0 Å². The van der Waals surface area contributed by atoms with Gasteiger partial charge in [0.05, 0.1) is 18.3 Å². The Kier molecular flexibility index (Phi) is 4.31. The number of aromatic nitrogens is 2. The summed E-state index contributed by atoms with van der Waals surface area (Å²) in [7, 11) is 0. The molecule has 1 heterocycles. The second-order valence-corrected chi connectivity index (χ2v) is 3.31. The fraction of sp³-hybridized carbons (Fsp3) is 0.444. The predicted octanol–water partition coefficient (Wildman–Crippen LogP) is 0.00830. The van der Waals surface area contributed by atoms with Crippen LogP contribution in [-0.2, 0) is 0 Å². The molecule has 7 heteroatoms. The Morgan fingerprint density at radius 2 is 2.50 bits per heavy atom. The molecule has 1 aromatic rings. The fourth-order valence-electron chi connectivity index (χ4n) is 1.30. The average molecular weight is 225 g/mol. The predicted molar refractivity (Wildman–Crippen MR) is 58.2 cm³/mol. The number of amidine groups is 1. The van der Waals surface area contributed by atoms with Crippen LogP contribution in [-0.4, -0.2) is 45.1 Å². The maximum absolute atomic E-state index is 11.9. The van der Waals surface area contributed by atoms with Crippen molar-refractivity contribution in [2.24, 2.45) is 10.9 Å². The Morgan fingerprint density at radius 1 is 1.75 bits per heavy atom. The highest BCUT2D eigenvalue weighted by Crippen LogP contribution is 2.03. The lowest BCUT2D eigenvalue weighted by atomic mass is 10.3. The van der Waals surface area contributed by atoms with Crippen LogP contribution in [0.4, 0.5) is 0 Å². The summed E-state index contributed by atoms with van der Waals surface area (Å²) < 4.78 is 0. The van der Waals surface area contributed by atoms with E-state index in [1.54, 1.807) is 0 Å².